The van der Waals surface area contributed by atoms with E-state index in [0.717, 1.165) is 13.1 Å². The van der Waals surface area contributed by atoms with E-state index in [1.54, 1.807) is 14.2 Å². The molecule has 0 radical (unpaired) electrons. The quantitative estimate of drug-likeness (QED) is 0.538. The molecule has 0 rings (SSSR count). The molecule has 6 heteroatoms. The van der Waals surface area contributed by atoms with Crippen LogP contribution in [0.1, 0.15) is 20.3 Å². The summed E-state index contributed by atoms with van der Waals surface area (Å²) in [5.41, 5.74) is 0. The van der Waals surface area contributed by atoms with E-state index in [1.165, 1.54) is 0 Å². The molecule has 0 aliphatic carbocycles. The molecule has 0 aromatic carbocycles. The Morgan fingerprint density at radius 3 is 2.05 bits per heavy atom. The minimum atomic E-state index is -0.799. The molecule has 0 fully saturated rings. The normalized spacial score (nSPS) is 13.2. The standard InChI is InChI=1S/C13H28N2O4/c1-11(2)14-12(13(16)17)5-6-15(7-9-18-3)8-10-19-4/h11-12,14H,5-10H2,1-4H3,(H,16,17). The van der Waals surface area contributed by atoms with Gasteiger partial charge in [-0.1, -0.05) is 13.8 Å². The number of ether oxygens (including phenoxy) is 2. The lowest BCUT2D eigenvalue weighted by Crippen LogP contribution is -2.44. The molecule has 1 unspecified atom stereocenters. The van der Waals surface area contributed by atoms with E-state index >= 15 is 0 Å². The van der Waals surface area contributed by atoms with Gasteiger partial charge in [0.1, 0.15) is 6.04 Å². The Hall–Kier alpha value is -0.690. The van der Waals surface area contributed by atoms with E-state index in [4.69, 9.17) is 14.6 Å². The van der Waals surface area contributed by atoms with Crippen molar-refractivity contribution in [2.45, 2.75) is 32.4 Å². The number of carboxylic acid groups (broad SMARTS) is 1. The number of carboxylic acids is 1. The zero-order valence-electron chi connectivity index (χ0n) is 12.5. The Kier molecular flexibility index (Phi) is 10.8. The number of hydrogen-bond donors (Lipinski definition) is 2. The van der Waals surface area contributed by atoms with Gasteiger partial charge in [0.05, 0.1) is 13.2 Å². The van der Waals surface area contributed by atoms with Crippen molar-refractivity contribution in [2.75, 3.05) is 47.1 Å². The lowest BCUT2D eigenvalue weighted by Gasteiger charge is -2.24. The second-order valence-electron chi connectivity index (χ2n) is 4.83. The predicted octanol–water partition coefficient (Wildman–Crippen LogP) is 0.423. The number of nitrogens with one attached hydrogen (secondary N) is 1. The number of nitrogens with zero attached hydrogens (tertiary/aromatic N) is 1. The van der Waals surface area contributed by atoms with E-state index in [0.29, 0.717) is 26.2 Å². The average molecular weight is 276 g/mol. The fraction of sp³-hybridized carbons (Fsp3) is 0.923. The SMILES string of the molecule is COCCN(CCOC)CCC(NC(C)C)C(=O)O. The first kappa shape index (κ1) is 18.3. The van der Waals surface area contributed by atoms with Crippen molar-refractivity contribution in [1.29, 1.82) is 0 Å². The average Bonchev–Trinajstić information content (AvgIpc) is 2.35. The minimum Gasteiger partial charge on any atom is -0.480 e. The maximum absolute atomic E-state index is 11.1. The highest BCUT2D eigenvalue weighted by molar-refractivity contribution is 5.73. The number of rotatable bonds is 12. The number of methoxy groups -OCH3 is 2. The van der Waals surface area contributed by atoms with Crippen molar-refractivity contribution in [3.8, 4) is 0 Å². The smallest absolute Gasteiger partial charge is 0.320 e. The molecule has 0 saturated carbocycles. The molecule has 6 nitrogen and oxygen atoms in total. The van der Waals surface area contributed by atoms with Crippen molar-refractivity contribution in [3.63, 3.8) is 0 Å². The molecule has 0 aliphatic heterocycles. The topological polar surface area (TPSA) is 71.0 Å². The third-order valence-corrected chi connectivity index (χ3v) is 2.79. The van der Waals surface area contributed by atoms with Gasteiger partial charge in [-0.05, 0) is 6.42 Å². The number of aliphatic carboxylic acids is 1. The summed E-state index contributed by atoms with van der Waals surface area (Å²) in [5, 5.41) is 12.2. The highest BCUT2D eigenvalue weighted by Gasteiger charge is 2.19. The summed E-state index contributed by atoms with van der Waals surface area (Å²) in [5.74, 6) is -0.799. The summed E-state index contributed by atoms with van der Waals surface area (Å²) in [6.45, 7) is 7.45. The molecular formula is C13H28N2O4. The lowest BCUT2D eigenvalue weighted by molar-refractivity contribution is -0.140. The van der Waals surface area contributed by atoms with Gasteiger partial charge >= 0.3 is 5.97 Å². The molecule has 2 N–H and O–H groups in total. The summed E-state index contributed by atoms with van der Waals surface area (Å²) >= 11 is 0. The van der Waals surface area contributed by atoms with E-state index in [9.17, 15) is 4.79 Å². The molecule has 0 spiro atoms. The molecule has 114 valence electrons. The molecule has 0 saturated heterocycles. The fourth-order valence-electron chi connectivity index (χ4n) is 1.77. The maximum Gasteiger partial charge on any atom is 0.320 e. The molecule has 0 bridgehead atoms. The van der Waals surface area contributed by atoms with Crippen LogP contribution in [0.4, 0.5) is 0 Å². The van der Waals surface area contributed by atoms with Crippen LogP contribution in [0.15, 0.2) is 0 Å². The molecular weight excluding hydrogens is 248 g/mol. The Morgan fingerprint density at radius 1 is 1.16 bits per heavy atom. The zero-order chi connectivity index (χ0) is 14.7. The van der Waals surface area contributed by atoms with Crippen LogP contribution < -0.4 is 5.32 Å². The summed E-state index contributed by atoms with van der Waals surface area (Å²) in [6, 6.07) is -0.347. The number of hydrogen-bond acceptors (Lipinski definition) is 5. The fourth-order valence-corrected chi connectivity index (χ4v) is 1.77. The van der Waals surface area contributed by atoms with Crippen molar-refractivity contribution in [1.82, 2.24) is 10.2 Å². The third-order valence-electron chi connectivity index (χ3n) is 2.79. The molecule has 0 aromatic heterocycles. The summed E-state index contributed by atoms with van der Waals surface area (Å²) in [4.78, 5) is 13.3. The largest absolute Gasteiger partial charge is 0.480 e. The van der Waals surface area contributed by atoms with Crippen LogP contribution in [-0.4, -0.2) is 75.1 Å². The van der Waals surface area contributed by atoms with Gasteiger partial charge in [0.2, 0.25) is 0 Å². The van der Waals surface area contributed by atoms with E-state index in [1.807, 2.05) is 13.8 Å². The molecule has 0 aliphatic rings. The van der Waals surface area contributed by atoms with Crippen LogP contribution in [0.2, 0.25) is 0 Å². The highest BCUT2D eigenvalue weighted by atomic mass is 16.5. The van der Waals surface area contributed by atoms with Crippen molar-refractivity contribution < 1.29 is 19.4 Å². The first-order chi connectivity index (χ1) is 9.01. The van der Waals surface area contributed by atoms with Crippen molar-refractivity contribution in [2.24, 2.45) is 0 Å². The van der Waals surface area contributed by atoms with Gasteiger partial charge in [-0.3, -0.25) is 9.69 Å². The molecule has 0 amide bonds. The summed E-state index contributed by atoms with van der Waals surface area (Å²) in [7, 11) is 3.32. The first-order valence-electron chi connectivity index (χ1n) is 6.70. The Labute approximate surface area is 116 Å². The van der Waals surface area contributed by atoms with Crippen LogP contribution >= 0.6 is 0 Å². The van der Waals surface area contributed by atoms with E-state index in [-0.39, 0.29) is 6.04 Å². The zero-order valence-corrected chi connectivity index (χ0v) is 12.5. The van der Waals surface area contributed by atoms with Gasteiger partial charge in [-0.2, -0.15) is 0 Å². The highest BCUT2D eigenvalue weighted by Crippen LogP contribution is 1.99. The Morgan fingerprint density at radius 2 is 1.68 bits per heavy atom. The first-order valence-corrected chi connectivity index (χ1v) is 6.70. The molecule has 19 heavy (non-hydrogen) atoms. The number of carbonyl (C=O) groups is 1. The minimum absolute atomic E-state index is 0.160. The van der Waals surface area contributed by atoms with Crippen LogP contribution in [0.25, 0.3) is 0 Å². The van der Waals surface area contributed by atoms with Crippen LogP contribution in [0.3, 0.4) is 0 Å². The Balaban J connectivity index is 4.18. The van der Waals surface area contributed by atoms with Crippen LogP contribution in [0, 0.1) is 0 Å². The maximum atomic E-state index is 11.1. The third kappa shape index (κ3) is 9.84. The van der Waals surface area contributed by atoms with Gasteiger partial charge < -0.3 is 19.9 Å². The monoisotopic (exact) mass is 276 g/mol. The predicted molar refractivity (Wildman–Crippen MR) is 74.5 cm³/mol. The molecule has 0 heterocycles. The van der Waals surface area contributed by atoms with Crippen LogP contribution in [-0.2, 0) is 14.3 Å². The summed E-state index contributed by atoms with van der Waals surface area (Å²) < 4.78 is 10.1. The van der Waals surface area contributed by atoms with Gasteiger partial charge in [0, 0.05) is 39.9 Å². The van der Waals surface area contributed by atoms with Gasteiger partial charge in [0.25, 0.3) is 0 Å². The van der Waals surface area contributed by atoms with Gasteiger partial charge in [0.15, 0.2) is 0 Å². The lowest BCUT2D eigenvalue weighted by atomic mass is 10.1. The second kappa shape index (κ2) is 11.2. The second-order valence-corrected chi connectivity index (χ2v) is 4.83. The van der Waals surface area contributed by atoms with Crippen molar-refractivity contribution in [3.05, 3.63) is 0 Å². The van der Waals surface area contributed by atoms with Crippen LogP contribution in [0.5, 0.6) is 0 Å². The van der Waals surface area contributed by atoms with Gasteiger partial charge in [-0.25, -0.2) is 0 Å². The van der Waals surface area contributed by atoms with E-state index < -0.39 is 12.0 Å². The molecule has 1 atom stereocenters. The Bertz CT molecular complexity index is 229. The summed E-state index contributed by atoms with van der Waals surface area (Å²) in [6.07, 6.45) is 0.570. The molecule has 0 aromatic rings. The van der Waals surface area contributed by atoms with E-state index in [2.05, 4.69) is 10.2 Å². The van der Waals surface area contributed by atoms with Gasteiger partial charge in [-0.15, -0.1) is 0 Å². The van der Waals surface area contributed by atoms with Crippen molar-refractivity contribution >= 4 is 5.97 Å².